The Morgan fingerprint density at radius 1 is 1.42 bits per heavy atom. The summed E-state index contributed by atoms with van der Waals surface area (Å²) in [6.45, 7) is 2.23. The molecule has 3 N–H and O–H groups in total. The van der Waals surface area contributed by atoms with Crippen LogP contribution in [0.15, 0.2) is 12.1 Å². The summed E-state index contributed by atoms with van der Waals surface area (Å²) in [7, 11) is 0. The highest BCUT2D eigenvalue weighted by molar-refractivity contribution is 5.54. The zero-order valence-electron chi connectivity index (χ0n) is 11.3. The number of pyridine rings is 1. The summed E-state index contributed by atoms with van der Waals surface area (Å²) in [4.78, 5) is 4.27. The molecule has 100 valence electrons. The van der Waals surface area contributed by atoms with E-state index in [1.165, 1.54) is 25.7 Å². The van der Waals surface area contributed by atoms with Gasteiger partial charge in [-0.3, -0.25) is 0 Å². The molecule has 0 amide bonds. The van der Waals surface area contributed by atoms with Gasteiger partial charge in [-0.2, -0.15) is 5.26 Å². The smallest absolute Gasteiger partial charge is 0.165 e. The number of nitrogens with zero attached hydrogens (tertiary/aromatic N) is 2. The topological polar surface area (TPSA) is 74.7 Å². The van der Waals surface area contributed by atoms with Crippen LogP contribution < -0.4 is 11.1 Å². The minimum atomic E-state index is 0.310. The first-order chi connectivity index (χ1) is 9.17. The zero-order valence-corrected chi connectivity index (χ0v) is 11.3. The second-order valence-electron chi connectivity index (χ2n) is 6.02. The lowest BCUT2D eigenvalue weighted by Gasteiger charge is -2.28. The molecule has 1 aromatic rings. The molecule has 0 saturated heterocycles. The highest BCUT2D eigenvalue weighted by Crippen LogP contribution is 2.49. The van der Waals surface area contributed by atoms with Crippen LogP contribution in [0.1, 0.15) is 38.3 Å². The van der Waals surface area contributed by atoms with Crippen molar-refractivity contribution < 1.29 is 0 Å². The summed E-state index contributed by atoms with van der Waals surface area (Å²) in [6, 6.07) is 6.06. The van der Waals surface area contributed by atoms with Gasteiger partial charge in [0.15, 0.2) is 5.69 Å². The van der Waals surface area contributed by atoms with Gasteiger partial charge >= 0.3 is 0 Å². The first-order valence-electron chi connectivity index (χ1n) is 7.10. The highest BCUT2D eigenvalue weighted by atomic mass is 15.0. The van der Waals surface area contributed by atoms with Crippen molar-refractivity contribution in [2.75, 3.05) is 11.1 Å². The van der Waals surface area contributed by atoms with Gasteiger partial charge in [-0.05, 0) is 56.1 Å². The molecule has 4 atom stereocenters. The summed E-state index contributed by atoms with van der Waals surface area (Å²) in [5.74, 6) is 3.36. The summed E-state index contributed by atoms with van der Waals surface area (Å²) in [5, 5.41) is 12.4. The monoisotopic (exact) mass is 256 g/mol. The number of fused-ring (bicyclic) bond motifs is 2. The molecule has 0 aromatic carbocycles. The maximum atomic E-state index is 8.95. The molecule has 2 saturated carbocycles. The molecule has 3 rings (SSSR count). The van der Waals surface area contributed by atoms with Gasteiger partial charge in [0.25, 0.3) is 0 Å². The Morgan fingerprint density at radius 3 is 2.89 bits per heavy atom. The summed E-state index contributed by atoms with van der Waals surface area (Å²) in [6.07, 6.45) is 5.57. The van der Waals surface area contributed by atoms with Gasteiger partial charge in [-0.15, -0.1) is 0 Å². The molecule has 1 aromatic heterocycles. The predicted octanol–water partition coefficient (Wildman–Crippen LogP) is 2.77. The summed E-state index contributed by atoms with van der Waals surface area (Å²) in [5.41, 5.74) is 6.44. The van der Waals surface area contributed by atoms with Gasteiger partial charge in [-0.25, -0.2) is 4.98 Å². The fraction of sp³-hybridized carbons (Fsp3) is 0.600. The largest absolute Gasteiger partial charge is 0.396 e. The van der Waals surface area contributed by atoms with Crippen molar-refractivity contribution in [3.8, 4) is 6.07 Å². The van der Waals surface area contributed by atoms with Crippen LogP contribution in [0.5, 0.6) is 0 Å². The third-order valence-corrected chi connectivity index (χ3v) is 4.84. The van der Waals surface area contributed by atoms with Crippen molar-refractivity contribution in [1.82, 2.24) is 4.98 Å². The number of nitrogens with one attached hydrogen (secondary N) is 1. The van der Waals surface area contributed by atoms with Crippen molar-refractivity contribution >= 4 is 11.5 Å². The molecule has 19 heavy (non-hydrogen) atoms. The van der Waals surface area contributed by atoms with Crippen LogP contribution in [0.25, 0.3) is 0 Å². The molecule has 0 spiro atoms. The van der Waals surface area contributed by atoms with E-state index in [9.17, 15) is 0 Å². The number of rotatable bonds is 3. The minimum Gasteiger partial charge on any atom is -0.396 e. The Bertz CT molecular complexity index is 519. The molecule has 4 heteroatoms. The fourth-order valence-corrected chi connectivity index (χ4v) is 3.89. The van der Waals surface area contributed by atoms with Gasteiger partial charge in [0.2, 0.25) is 0 Å². The van der Waals surface area contributed by atoms with E-state index in [0.717, 1.165) is 23.6 Å². The van der Waals surface area contributed by atoms with Crippen LogP contribution in [0.2, 0.25) is 0 Å². The molecular weight excluding hydrogens is 236 g/mol. The van der Waals surface area contributed by atoms with Crippen molar-refractivity contribution in [2.45, 2.75) is 38.6 Å². The normalized spacial score (nSPS) is 30.0. The Kier molecular flexibility index (Phi) is 3.06. The number of anilines is 2. The van der Waals surface area contributed by atoms with Crippen LogP contribution in [0, 0.1) is 29.1 Å². The number of nitrogens with two attached hydrogens (primary N) is 1. The number of hydrogen-bond acceptors (Lipinski definition) is 4. The lowest BCUT2D eigenvalue weighted by molar-refractivity contribution is 0.304. The lowest BCUT2D eigenvalue weighted by atomic mass is 9.84. The molecule has 4 unspecified atom stereocenters. The van der Waals surface area contributed by atoms with Crippen molar-refractivity contribution in [2.24, 2.45) is 17.8 Å². The van der Waals surface area contributed by atoms with E-state index in [1.807, 2.05) is 12.1 Å². The van der Waals surface area contributed by atoms with Gasteiger partial charge in [-0.1, -0.05) is 6.42 Å². The molecule has 2 fully saturated rings. The average Bonchev–Trinajstić information content (AvgIpc) is 3.03. The molecule has 2 aliphatic carbocycles. The highest BCUT2D eigenvalue weighted by Gasteiger charge is 2.41. The Balaban J connectivity index is 1.70. The van der Waals surface area contributed by atoms with Crippen LogP contribution in [-0.2, 0) is 0 Å². The summed E-state index contributed by atoms with van der Waals surface area (Å²) >= 11 is 0. The van der Waals surface area contributed by atoms with Crippen molar-refractivity contribution in [1.29, 1.82) is 5.26 Å². The predicted molar refractivity (Wildman–Crippen MR) is 75.4 cm³/mol. The first-order valence-corrected chi connectivity index (χ1v) is 7.10. The summed E-state index contributed by atoms with van der Waals surface area (Å²) < 4.78 is 0. The molecule has 1 heterocycles. The fourth-order valence-electron chi connectivity index (χ4n) is 3.89. The van der Waals surface area contributed by atoms with Crippen LogP contribution in [0.4, 0.5) is 11.5 Å². The average molecular weight is 256 g/mol. The molecule has 4 nitrogen and oxygen atoms in total. The third kappa shape index (κ3) is 2.25. The van der Waals surface area contributed by atoms with E-state index in [0.29, 0.717) is 17.4 Å². The maximum Gasteiger partial charge on any atom is 0.165 e. The Morgan fingerprint density at radius 2 is 2.26 bits per heavy atom. The molecule has 2 bridgehead atoms. The van der Waals surface area contributed by atoms with Crippen LogP contribution in [-0.4, -0.2) is 11.0 Å². The van der Waals surface area contributed by atoms with Crippen molar-refractivity contribution in [3.63, 3.8) is 0 Å². The quantitative estimate of drug-likeness (QED) is 0.872. The molecule has 2 aliphatic rings. The van der Waals surface area contributed by atoms with Gasteiger partial charge in [0.05, 0.1) is 5.69 Å². The Hall–Kier alpha value is -1.76. The number of nitriles is 1. The lowest BCUT2D eigenvalue weighted by Crippen LogP contribution is -2.30. The maximum absolute atomic E-state index is 8.95. The van der Waals surface area contributed by atoms with E-state index in [-0.39, 0.29) is 0 Å². The third-order valence-electron chi connectivity index (χ3n) is 4.84. The van der Waals surface area contributed by atoms with Gasteiger partial charge in [0.1, 0.15) is 11.9 Å². The second-order valence-corrected chi connectivity index (χ2v) is 6.02. The Labute approximate surface area is 114 Å². The SMILES string of the molecule is CC(Nc1ccc(N)c(C#N)n1)C1CC2CCC1C2. The van der Waals surface area contributed by atoms with E-state index < -0.39 is 0 Å². The van der Waals surface area contributed by atoms with Crippen LogP contribution in [0.3, 0.4) is 0 Å². The number of nitrogen functional groups attached to an aromatic ring is 1. The van der Waals surface area contributed by atoms with Crippen molar-refractivity contribution in [3.05, 3.63) is 17.8 Å². The zero-order chi connectivity index (χ0) is 13.4. The number of hydrogen-bond donors (Lipinski definition) is 2. The van der Waals surface area contributed by atoms with Gasteiger partial charge < -0.3 is 11.1 Å². The van der Waals surface area contributed by atoms with E-state index >= 15 is 0 Å². The number of aromatic nitrogens is 1. The van der Waals surface area contributed by atoms with E-state index in [2.05, 4.69) is 17.2 Å². The van der Waals surface area contributed by atoms with Crippen LogP contribution >= 0.6 is 0 Å². The first kappa shape index (κ1) is 12.3. The standard InChI is InChI=1S/C15H20N4/c1-9(12-7-10-2-3-11(12)6-10)18-15-5-4-13(17)14(8-16)19-15/h4-5,9-12H,2-3,6-7,17H2,1H3,(H,18,19). The van der Waals surface area contributed by atoms with E-state index in [1.54, 1.807) is 6.07 Å². The van der Waals surface area contributed by atoms with E-state index in [4.69, 9.17) is 11.0 Å². The molecule has 0 aliphatic heterocycles. The second kappa shape index (κ2) is 4.73. The minimum absolute atomic E-state index is 0.310. The van der Waals surface area contributed by atoms with Gasteiger partial charge in [0, 0.05) is 6.04 Å². The molecule has 0 radical (unpaired) electrons. The molecular formula is C15H20N4.